The summed E-state index contributed by atoms with van der Waals surface area (Å²) in [4.78, 5) is 17.5. The lowest BCUT2D eigenvalue weighted by atomic mass is 9.89. The lowest BCUT2D eigenvalue weighted by Crippen LogP contribution is -2.19. The van der Waals surface area contributed by atoms with Gasteiger partial charge in [0, 0.05) is 19.5 Å². The van der Waals surface area contributed by atoms with E-state index in [0.29, 0.717) is 0 Å². The molecule has 0 atom stereocenters. The first-order valence-corrected chi connectivity index (χ1v) is 9.28. The Balaban J connectivity index is 0.00000169. The van der Waals surface area contributed by atoms with Gasteiger partial charge in [0.2, 0.25) is 0 Å². The zero-order valence-corrected chi connectivity index (χ0v) is 15.3. The van der Waals surface area contributed by atoms with Crippen molar-refractivity contribution >= 4 is 23.6 Å². The largest absolute Gasteiger partial charge is 0.338 e. The fourth-order valence-electron chi connectivity index (χ4n) is 3.76. The maximum atomic E-state index is 4.91. The number of hydrogen-bond acceptors (Lipinski definition) is 3. The van der Waals surface area contributed by atoms with Crippen LogP contribution in [0.4, 0.5) is 0 Å². The van der Waals surface area contributed by atoms with Crippen molar-refractivity contribution < 1.29 is 0 Å². The molecule has 2 fully saturated rings. The summed E-state index contributed by atoms with van der Waals surface area (Å²) in [6.45, 7) is 3.85. The van der Waals surface area contributed by atoms with Crippen LogP contribution >= 0.6 is 12.4 Å². The average molecular weight is 350 g/mol. The molecule has 2 heterocycles. The van der Waals surface area contributed by atoms with Gasteiger partial charge in [0.15, 0.2) is 11.1 Å². The normalized spacial score (nSPS) is 19.6. The number of nitrogens with zero attached hydrogens (tertiary/aromatic N) is 4. The van der Waals surface area contributed by atoms with E-state index in [1.54, 1.807) is 0 Å². The predicted molar refractivity (Wildman–Crippen MR) is 98.2 cm³/mol. The van der Waals surface area contributed by atoms with E-state index >= 15 is 0 Å². The first kappa shape index (κ1) is 17.5. The zero-order chi connectivity index (χ0) is 15.6. The molecular formula is C18H28ClN5. The predicted octanol–water partition coefficient (Wildman–Crippen LogP) is 3.63. The van der Waals surface area contributed by atoms with E-state index < -0.39 is 0 Å². The average Bonchev–Trinajstić information content (AvgIpc) is 3.27. The molecule has 4 rings (SSSR count). The molecule has 6 heteroatoms. The molecule has 0 aromatic carbocycles. The molecule has 2 aromatic heterocycles. The number of nitrogens with one attached hydrogen (secondary N) is 1. The van der Waals surface area contributed by atoms with Crippen molar-refractivity contribution in [3.05, 3.63) is 17.6 Å². The topological polar surface area (TPSA) is 58.9 Å². The Kier molecular flexibility index (Phi) is 5.59. The van der Waals surface area contributed by atoms with Gasteiger partial charge in [-0.1, -0.05) is 19.3 Å². The molecule has 2 aromatic rings. The highest BCUT2D eigenvalue weighted by atomic mass is 35.5. The highest BCUT2D eigenvalue weighted by Gasteiger charge is 2.24. The molecule has 0 unspecified atom stereocenters. The van der Waals surface area contributed by atoms with Crippen molar-refractivity contribution in [3.63, 3.8) is 0 Å². The Morgan fingerprint density at radius 2 is 1.96 bits per heavy atom. The van der Waals surface area contributed by atoms with Crippen LogP contribution in [0.2, 0.25) is 0 Å². The third-order valence-corrected chi connectivity index (χ3v) is 5.22. The van der Waals surface area contributed by atoms with E-state index in [0.717, 1.165) is 53.8 Å². The fraction of sp³-hybridized carbons (Fsp3) is 0.722. The molecule has 0 spiro atoms. The molecule has 132 valence electrons. The molecule has 0 saturated heterocycles. The van der Waals surface area contributed by atoms with E-state index in [1.165, 1.54) is 44.9 Å². The van der Waals surface area contributed by atoms with Crippen LogP contribution in [0.3, 0.4) is 0 Å². The molecule has 5 nitrogen and oxygen atoms in total. The molecule has 2 aliphatic carbocycles. The van der Waals surface area contributed by atoms with Gasteiger partial charge in [0.25, 0.3) is 0 Å². The fourth-order valence-corrected chi connectivity index (χ4v) is 3.76. The van der Waals surface area contributed by atoms with Crippen LogP contribution in [0, 0.1) is 11.8 Å². The summed E-state index contributed by atoms with van der Waals surface area (Å²) in [5, 5.41) is 0. The lowest BCUT2D eigenvalue weighted by molar-refractivity contribution is 0.320. The van der Waals surface area contributed by atoms with Crippen molar-refractivity contribution in [1.29, 1.82) is 0 Å². The monoisotopic (exact) mass is 349 g/mol. The Labute approximate surface area is 149 Å². The van der Waals surface area contributed by atoms with Crippen molar-refractivity contribution in [3.8, 4) is 0 Å². The molecule has 2 aliphatic rings. The van der Waals surface area contributed by atoms with Gasteiger partial charge in [-0.3, -0.25) is 4.99 Å². The number of imidazole rings is 1. The lowest BCUT2D eigenvalue weighted by Gasteiger charge is -2.22. The molecule has 0 amide bonds. The maximum absolute atomic E-state index is 4.91. The summed E-state index contributed by atoms with van der Waals surface area (Å²) >= 11 is 0. The van der Waals surface area contributed by atoms with Gasteiger partial charge in [-0.25, -0.2) is 9.97 Å². The Hall–Kier alpha value is -1.36. The summed E-state index contributed by atoms with van der Waals surface area (Å²) < 4.78 is 2.26. The van der Waals surface area contributed by atoms with Crippen LogP contribution < -0.4 is 5.49 Å². The van der Waals surface area contributed by atoms with Crippen LogP contribution in [-0.2, 0) is 13.0 Å². The highest BCUT2D eigenvalue weighted by Crippen LogP contribution is 2.32. The van der Waals surface area contributed by atoms with Gasteiger partial charge in [-0.15, -0.1) is 12.4 Å². The number of H-pyrrole nitrogens is 1. The molecule has 2 saturated carbocycles. The number of fused-ring (bicyclic) bond motifs is 1. The minimum Gasteiger partial charge on any atom is -0.338 e. The maximum Gasteiger partial charge on any atom is 0.176 e. The Bertz CT molecular complexity index is 737. The molecule has 1 N–H and O–H groups in total. The van der Waals surface area contributed by atoms with Gasteiger partial charge >= 0.3 is 0 Å². The molecule has 0 aliphatic heterocycles. The van der Waals surface area contributed by atoms with E-state index in [4.69, 9.17) is 4.98 Å². The van der Waals surface area contributed by atoms with Gasteiger partial charge in [0.05, 0.1) is 6.33 Å². The van der Waals surface area contributed by atoms with Crippen LogP contribution in [0.1, 0.15) is 57.7 Å². The third-order valence-electron chi connectivity index (χ3n) is 5.22. The van der Waals surface area contributed by atoms with Crippen molar-refractivity contribution in [2.24, 2.45) is 16.8 Å². The van der Waals surface area contributed by atoms with E-state index in [2.05, 4.69) is 26.5 Å². The van der Waals surface area contributed by atoms with E-state index in [9.17, 15) is 0 Å². The number of hydrogen-bond donors (Lipinski definition) is 1. The van der Waals surface area contributed by atoms with E-state index in [-0.39, 0.29) is 12.4 Å². The van der Waals surface area contributed by atoms with E-state index in [1.807, 2.05) is 6.33 Å². The van der Waals surface area contributed by atoms with Crippen LogP contribution in [0.15, 0.2) is 11.3 Å². The molecule has 0 bridgehead atoms. The summed E-state index contributed by atoms with van der Waals surface area (Å²) in [6.07, 6.45) is 12.6. The van der Waals surface area contributed by atoms with Gasteiger partial charge in [-0.2, -0.15) is 0 Å². The number of rotatable bonds is 5. The second-order valence-electron chi connectivity index (χ2n) is 7.23. The SMILES string of the molecule is CCN=c1ncn(CC2CCCCC2)c2nc(CC3CC3)[nH]c12.Cl. The summed E-state index contributed by atoms with van der Waals surface area (Å²) in [7, 11) is 0. The van der Waals surface area contributed by atoms with Gasteiger partial charge in [0.1, 0.15) is 11.3 Å². The highest BCUT2D eigenvalue weighted by molar-refractivity contribution is 5.85. The van der Waals surface area contributed by atoms with Crippen molar-refractivity contribution in [1.82, 2.24) is 19.5 Å². The first-order chi connectivity index (χ1) is 11.3. The van der Waals surface area contributed by atoms with Gasteiger partial charge < -0.3 is 9.55 Å². The smallest absolute Gasteiger partial charge is 0.176 e. The second-order valence-corrected chi connectivity index (χ2v) is 7.23. The zero-order valence-electron chi connectivity index (χ0n) is 14.5. The number of aromatic amines is 1. The van der Waals surface area contributed by atoms with Crippen LogP contribution in [0.5, 0.6) is 0 Å². The molecule has 0 radical (unpaired) electrons. The Morgan fingerprint density at radius 1 is 1.17 bits per heavy atom. The quantitative estimate of drug-likeness (QED) is 0.895. The van der Waals surface area contributed by atoms with Gasteiger partial charge in [-0.05, 0) is 44.4 Å². The van der Waals surface area contributed by atoms with Crippen molar-refractivity contribution in [2.75, 3.05) is 6.54 Å². The summed E-state index contributed by atoms with van der Waals surface area (Å²) in [6, 6.07) is 0. The number of aromatic nitrogens is 4. The minimum atomic E-state index is 0. The second kappa shape index (κ2) is 7.68. The number of halogens is 1. The summed E-state index contributed by atoms with van der Waals surface area (Å²) in [5.74, 6) is 2.72. The van der Waals surface area contributed by atoms with Crippen LogP contribution in [0.25, 0.3) is 11.2 Å². The Morgan fingerprint density at radius 3 is 2.67 bits per heavy atom. The third kappa shape index (κ3) is 3.82. The first-order valence-electron chi connectivity index (χ1n) is 9.28. The molecular weight excluding hydrogens is 322 g/mol. The molecule has 24 heavy (non-hydrogen) atoms. The summed E-state index contributed by atoms with van der Waals surface area (Å²) in [5.41, 5.74) is 2.89. The minimum absolute atomic E-state index is 0. The van der Waals surface area contributed by atoms with Crippen molar-refractivity contribution in [2.45, 2.75) is 64.8 Å². The standard InChI is InChI=1S/C18H27N5.ClH/c1-2-19-17-16-18(22-15(21-16)10-13-8-9-13)23(12-20-17)11-14-6-4-3-5-7-14;/h12-14H,2-11H2,1H3,(H,21,22);1H. The van der Waals surface area contributed by atoms with Crippen LogP contribution in [-0.4, -0.2) is 26.1 Å².